The summed E-state index contributed by atoms with van der Waals surface area (Å²) in [5.41, 5.74) is 19.1. The van der Waals surface area contributed by atoms with E-state index < -0.39 is 5.91 Å². The van der Waals surface area contributed by atoms with Crippen LogP contribution in [0.15, 0.2) is 18.4 Å². The molecule has 0 spiro atoms. The van der Waals surface area contributed by atoms with E-state index in [9.17, 15) is 4.79 Å². The summed E-state index contributed by atoms with van der Waals surface area (Å²) in [5, 5.41) is 3.82. The van der Waals surface area contributed by atoms with Crippen molar-refractivity contribution in [3.8, 4) is 0 Å². The Hall–Kier alpha value is -1.79. The minimum Gasteiger partial charge on any atom is -0.404 e. The molecule has 5 nitrogen and oxygen atoms in total. The molecule has 2 rings (SSSR count). The summed E-state index contributed by atoms with van der Waals surface area (Å²) in [7, 11) is 3.28. The standard InChI is InChI=1S/C12H15N3OS.CH5N/c1-6-3-4-7-9(11(14)16)12(15-2)17-10(7)8(6)5-13;1-2/h5,15H,1,3-4,13H2,2H3,(H2,14,16);2H2,1H3/b8-5+;. The lowest BCUT2D eigenvalue weighted by molar-refractivity contribution is 0.100. The van der Waals surface area contributed by atoms with Gasteiger partial charge in [-0.25, -0.2) is 0 Å². The normalized spacial score (nSPS) is 15.5. The summed E-state index contributed by atoms with van der Waals surface area (Å²) in [6, 6.07) is 0. The highest BCUT2D eigenvalue weighted by molar-refractivity contribution is 7.17. The van der Waals surface area contributed by atoms with Crippen LogP contribution in [0, 0.1) is 0 Å². The Labute approximate surface area is 117 Å². The van der Waals surface area contributed by atoms with Gasteiger partial charge in [0.05, 0.1) is 5.56 Å². The fraction of sp³-hybridized carbons (Fsp3) is 0.308. The van der Waals surface area contributed by atoms with Crippen molar-refractivity contribution in [1.29, 1.82) is 0 Å². The predicted molar refractivity (Wildman–Crippen MR) is 82.1 cm³/mol. The van der Waals surface area contributed by atoms with Crippen LogP contribution in [-0.2, 0) is 6.42 Å². The third kappa shape index (κ3) is 2.64. The zero-order chi connectivity index (χ0) is 14.6. The van der Waals surface area contributed by atoms with Gasteiger partial charge in [-0.05, 0) is 31.0 Å². The quantitative estimate of drug-likeness (QED) is 0.654. The number of carbonyl (C=O) groups is 1. The molecule has 1 aromatic rings. The van der Waals surface area contributed by atoms with Crippen molar-refractivity contribution in [2.24, 2.45) is 17.2 Å². The van der Waals surface area contributed by atoms with Crippen LogP contribution in [-0.4, -0.2) is 20.0 Å². The Morgan fingerprint density at radius 1 is 1.42 bits per heavy atom. The van der Waals surface area contributed by atoms with Crippen molar-refractivity contribution in [2.45, 2.75) is 12.8 Å². The van der Waals surface area contributed by atoms with Crippen LogP contribution in [0.3, 0.4) is 0 Å². The third-order valence-electron chi connectivity index (χ3n) is 2.95. The van der Waals surface area contributed by atoms with E-state index in [2.05, 4.69) is 17.6 Å². The van der Waals surface area contributed by atoms with E-state index in [0.717, 1.165) is 39.4 Å². The van der Waals surface area contributed by atoms with Crippen LogP contribution in [0.1, 0.15) is 27.2 Å². The van der Waals surface area contributed by atoms with Gasteiger partial charge in [-0.3, -0.25) is 4.79 Å². The maximum Gasteiger partial charge on any atom is 0.251 e. The molecular formula is C13H20N4OS. The van der Waals surface area contributed by atoms with Crippen LogP contribution in [0.2, 0.25) is 0 Å². The molecule has 0 unspecified atom stereocenters. The van der Waals surface area contributed by atoms with Gasteiger partial charge in [-0.15, -0.1) is 11.3 Å². The zero-order valence-electron chi connectivity index (χ0n) is 11.2. The summed E-state index contributed by atoms with van der Waals surface area (Å²) < 4.78 is 0. The Morgan fingerprint density at radius 3 is 2.53 bits per heavy atom. The largest absolute Gasteiger partial charge is 0.404 e. The molecule has 0 saturated carbocycles. The lowest BCUT2D eigenvalue weighted by atomic mass is 9.88. The van der Waals surface area contributed by atoms with E-state index in [4.69, 9.17) is 11.5 Å². The second kappa shape index (κ2) is 6.40. The van der Waals surface area contributed by atoms with Gasteiger partial charge in [-0.1, -0.05) is 6.58 Å². The predicted octanol–water partition coefficient (Wildman–Crippen LogP) is 1.27. The highest BCUT2D eigenvalue weighted by Gasteiger charge is 2.27. The van der Waals surface area contributed by atoms with Crippen LogP contribution in [0.4, 0.5) is 5.00 Å². The molecule has 0 radical (unpaired) electrons. The maximum atomic E-state index is 11.5. The summed E-state index contributed by atoms with van der Waals surface area (Å²) in [4.78, 5) is 12.5. The van der Waals surface area contributed by atoms with Crippen LogP contribution in [0.25, 0.3) is 5.57 Å². The summed E-state index contributed by atoms with van der Waals surface area (Å²) in [6.45, 7) is 4.00. The molecule has 0 atom stereocenters. The van der Waals surface area contributed by atoms with Gasteiger partial charge >= 0.3 is 0 Å². The van der Waals surface area contributed by atoms with Gasteiger partial charge < -0.3 is 22.5 Å². The molecule has 0 bridgehead atoms. The topological polar surface area (TPSA) is 107 Å². The molecule has 0 fully saturated rings. The molecule has 0 aromatic carbocycles. The average molecular weight is 280 g/mol. The van der Waals surface area contributed by atoms with E-state index in [1.807, 2.05) is 0 Å². The molecule has 1 aliphatic carbocycles. The van der Waals surface area contributed by atoms with Gasteiger partial charge in [0.15, 0.2) is 0 Å². The van der Waals surface area contributed by atoms with Crippen molar-refractivity contribution in [3.63, 3.8) is 0 Å². The van der Waals surface area contributed by atoms with E-state index in [1.54, 1.807) is 13.2 Å². The molecule has 0 aliphatic heterocycles. The molecule has 0 saturated heterocycles. The lowest BCUT2D eigenvalue weighted by Crippen LogP contribution is -2.15. The Kier molecular flexibility index (Phi) is 5.14. The average Bonchev–Trinajstić information content (AvgIpc) is 2.79. The van der Waals surface area contributed by atoms with Crippen LogP contribution in [0.5, 0.6) is 0 Å². The fourth-order valence-corrected chi connectivity index (χ4v) is 3.40. The first-order valence-corrected chi connectivity index (χ1v) is 6.73. The molecular weight excluding hydrogens is 260 g/mol. The minimum absolute atomic E-state index is 0.393. The van der Waals surface area contributed by atoms with Gasteiger partial charge in [-0.2, -0.15) is 0 Å². The first-order chi connectivity index (χ1) is 9.10. The molecule has 1 aromatic heterocycles. The second-order valence-corrected chi connectivity index (χ2v) is 4.93. The summed E-state index contributed by atoms with van der Waals surface area (Å²) >= 11 is 1.51. The number of hydrogen-bond acceptors (Lipinski definition) is 5. The van der Waals surface area contributed by atoms with Crippen molar-refractivity contribution in [1.82, 2.24) is 0 Å². The second-order valence-electron chi connectivity index (χ2n) is 3.91. The number of fused-ring (bicyclic) bond motifs is 1. The number of hydrogen-bond donors (Lipinski definition) is 4. The van der Waals surface area contributed by atoms with Crippen LogP contribution < -0.4 is 22.5 Å². The highest BCUT2D eigenvalue weighted by Crippen LogP contribution is 2.44. The van der Waals surface area contributed by atoms with E-state index >= 15 is 0 Å². The minimum atomic E-state index is -0.393. The third-order valence-corrected chi connectivity index (χ3v) is 4.23. The number of rotatable bonds is 2. The van der Waals surface area contributed by atoms with E-state index in [0.29, 0.717) is 5.56 Å². The molecule has 1 amide bonds. The number of thiophene rings is 1. The van der Waals surface area contributed by atoms with Gasteiger partial charge in [0.2, 0.25) is 0 Å². The Morgan fingerprint density at radius 2 is 2.05 bits per heavy atom. The zero-order valence-corrected chi connectivity index (χ0v) is 12.1. The van der Waals surface area contributed by atoms with Gasteiger partial charge in [0.1, 0.15) is 5.00 Å². The summed E-state index contributed by atoms with van der Waals surface area (Å²) in [5.74, 6) is -0.393. The van der Waals surface area contributed by atoms with Crippen LogP contribution >= 0.6 is 11.3 Å². The van der Waals surface area contributed by atoms with Crippen molar-refractivity contribution >= 4 is 27.8 Å². The number of nitrogens with one attached hydrogen (secondary N) is 1. The number of carbonyl (C=O) groups excluding carboxylic acids is 1. The van der Waals surface area contributed by atoms with Crippen molar-refractivity contribution < 1.29 is 4.79 Å². The van der Waals surface area contributed by atoms with Crippen molar-refractivity contribution in [2.75, 3.05) is 19.4 Å². The maximum absolute atomic E-state index is 11.5. The highest BCUT2D eigenvalue weighted by atomic mass is 32.1. The smallest absolute Gasteiger partial charge is 0.251 e. The fourth-order valence-electron chi connectivity index (χ4n) is 2.12. The molecule has 1 aliphatic rings. The Balaban J connectivity index is 0.000000861. The van der Waals surface area contributed by atoms with Crippen molar-refractivity contribution in [3.05, 3.63) is 34.4 Å². The van der Waals surface area contributed by atoms with Gasteiger partial charge in [0, 0.05) is 23.7 Å². The molecule has 104 valence electrons. The lowest BCUT2D eigenvalue weighted by Gasteiger charge is -2.17. The first-order valence-electron chi connectivity index (χ1n) is 5.91. The Bertz CT molecular complexity index is 531. The van der Waals surface area contributed by atoms with E-state index in [-0.39, 0.29) is 0 Å². The first kappa shape index (κ1) is 15.3. The SMILES string of the molecule is C=C1CCc2c(sc(NC)c2C(N)=O)/C1=C/N.CN. The number of allylic oxidation sites excluding steroid dienone is 2. The number of nitrogens with two attached hydrogens (primary N) is 3. The summed E-state index contributed by atoms with van der Waals surface area (Å²) in [6.07, 6.45) is 3.17. The molecule has 1 heterocycles. The number of primary amides is 1. The molecule has 6 heteroatoms. The number of anilines is 1. The number of amides is 1. The monoisotopic (exact) mass is 280 g/mol. The van der Waals surface area contributed by atoms with E-state index in [1.165, 1.54) is 18.4 Å². The van der Waals surface area contributed by atoms with Gasteiger partial charge in [0.25, 0.3) is 5.91 Å². The molecule has 19 heavy (non-hydrogen) atoms. The molecule has 7 N–H and O–H groups in total.